The minimum absolute atomic E-state index is 0.135. The molecular weight excluding hydrogens is 525 g/mol. The lowest BCUT2D eigenvalue weighted by atomic mass is 10.1. The van der Waals surface area contributed by atoms with E-state index in [1.165, 1.54) is 24.9 Å². The average Bonchev–Trinajstić information content (AvgIpc) is 3.08. The standard InChI is InChI=1S/C29H27FN4OS.CH5N.CH2O/c1-19(2)17-34-27-7-5-4-6-24(27)29(35)33-26-14-20(9-11-28(26)34)12-23(16-32-3)36-18-22-10-8-21(15-31)13-25(22)30;2*1-2/h4-11,13-14,16,19H,3,12,17-18H2,1-2H3,(H,33,35);2H2,1H3;1H2/b23-16-;;. The van der Waals surface area contributed by atoms with Gasteiger partial charge in [-0.05, 0) is 67.2 Å². The number of amides is 1. The Balaban J connectivity index is 0.00000134. The zero-order valence-electron chi connectivity index (χ0n) is 23.0. The van der Waals surface area contributed by atoms with E-state index in [2.05, 4.69) is 41.5 Å². The van der Waals surface area contributed by atoms with Crippen molar-refractivity contribution in [1.82, 2.24) is 0 Å². The van der Waals surface area contributed by atoms with Crippen molar-refractivity contribution in [3.8, 4) is 6.07 Å². The molecule has 3 aromatic carbocycles. The monoisotopic (exact) mass is 559 g/mol. The molecule has 208 valence electrons. The molecule has 0 unspecified atom stereocenters. The summed E-state index contributed by atoms with van der Waals surface area (Å²) in [6, 6.07) is 20.2. The SMILES string of the molecule is C=N/C=C(/Cc1ccc2c(c1)NC(=O)c1ccccc1N2CC(C)C)SCc1ccc(C#N)cc1F.C=O.CN. The molecule has 3 N–H and O–H groups in total. The molecule has 0 aliphatic carbocycles. The van der Waals surface area contributed by atoms with Crippen LogP contribution in [0.5, 0.6) is 0 Å². The van der Waals surface area contributed by atoms with Gasteiger partial charge in [-0.3, -0.25) is 9.79 Å². The van der Waals surface area contributed by atoms with Crippen molar-refractivity contribution in [2.24, 2.45) is 16.6 Å². The number of anilines is 3. The molecule has 3 aromatic rings. The second-order valence-electron chi connectivity index (χ2n) is 8.99. The number of thioether (sulfide) groups is 1. The molecule has 0 aromatic heterocycles. The molecule has 0 atom stereocenters. The largest absolute Gasteiger partial charge is 0.339 e. The van der Waals surface area contributed by atoms with Crippen molar-refractivity contribution in [3.05, 3.63) is 99.8 Å². The quantitative estimate of drug-likeness (QED) is 0.306. The van der Waals surface area contributed by atoms with Crippen LogP contribution in [0.1, 0.15) is 40.9 Å². The molecule has 0 saturated carbocycles. The van der Waals surface area contributed by atoms with Crippen LogP contribution in [0.15, 0.2) is 76.8 Å². The number of hydrogen-bond donors (Lipinski definition) is 2. The van der Waals surface area contributed by atoms with E-state index in [-0.39, 0.29) is 5.91 Å². The van der Waals surface area contributed by atoms with Gasteiger partial charge < -0.3 is 20.7 Å². The second kappa shape index (κ2) is 16.0. The van der Waals surface area contributed by atoms with E-state index in [1.54, 1.807) is 18.3 Å². The summed E-state index contributed by atoms with van der Waals surface area (Å²) in [7, 11) is 1.50. The van der Waals surface area contributed by atoms with Crippen LogP contribution in [-0.4, -0.2) is 33.0 Å². The van der Waals surface area contributed by atoms with E-state index in [4.69, 9.17) is 10.1 Å². The maximum atomic E-state index is 14.3. The Kier molecular flexibility index (Phi) is 12.8. The van der Waals surface area contributed by atoms with Gasteiger partial charge in [0.2, 0.25) is 0 Å². The number of nitrogens with one attached hydrogen (secondary N) is 1. The maximum absolute atomic E-state index is 14.3. The van der Waals surface area contributed by atoms with Crippen molar-refractivity contribution in [2.45, 2.75) is 26.0 Å². The summed E-state index contributed by atoms with van der Waals surface area (Å²) in [6.45, 7) is 10.7. The Morgan fingerprint density at radius 2 is 1.88 bits per heavy atom. The van der Waals surface area contributed by atoms with Gasteiger partial charge in [-0.25, -0.2) is 4.39 Å². The zero-order chi connectivity index (χ0) is 29.7. The van der Waals surface area contributed by atoms with E-state index in [0.29, 0.717) is 34.8 Å². The third-order valence-corrected chi connectivity index (χ3v) is 6.87. The number of allylic oxidation sites excluding steroid dienone is 1. The molecule has 4 rings (SSSR count). The molecule has 0 radical (unpaired) electrons. The van der Waals surface area contributed by atoms with Gasteiger partial charge >= 0.3 is 0 Å². The topological polar surface area (TPSA) is 112 Å². The Bertz CT molecular complexity index is 1400. The second-order valence-corrected chi connectivity index (χ2v) is 10.1. The third-order valence-electron chi connectivity index (χ3n) is 5.80. The summed E-state index contributed by atoms with van der Waals surface area (Å²) in [4.78, 5) is 28.1. The van der Waals surface area contributed by atoms with Gasteiger partial charge in [0.05, 0.1) is 34.3 Å². The van der Waals surface area contributed by atoms with E-state index < -0.39 is 5.82 Å². The number of rotatable bonds is 8. The fraction of sp³-hybridized carbons (Fsp3) is 0.226. The summed E-state index contributed by atoms with van der Waals surface area (Å²) in [6.07, 6.45) is 2.24. The Morgan fingerprint density at radius 1 is 1.15 bits per heavy atom. The lowest BCUT2D eigenvalue weighted by molar-refractivity contribution is -0.0980. The predicted molar refractivity (Wildman–Crippen MR) is 164 cm³/mol. The van der Waals surface area contributed by atoms with Crippen molar-refractivity contribution in [3.63, 3.8) is 0 Å². The number of para-hydroxylation sites is 1. The minimum Gasteiger partial charge on any atom is -0.339 e. The first-order valence-electron chi connectivity index (χ1n) is 12.5. The lowest BCUT2D eigenvalue weighted by Gasteiger charge is -2.28. The Hall–Kier alpha value is -4.26. The highest BCUT2D eigenvalue weighted by Crippen LogP contribution is 2.39. The van der Waals surface area contributed by atoms with E-state index in [1.807, 2.05) is 55.3 Å². The Labute approximate surface area is 239 Å². The van der Waals surface area contributed by atoms with Crippen LogP contribution >= 0.6 is 11.8 Å². The van der Waals surface area contributed by atoms with Crippen molar-refractivity contribution in [2.75, 3.05) is 23.8 Å². The fourth-order valence-electron chi connectivity index (χ4n) is 4.15. The molecule has 1 amide bonds. The number of nitrogens with zero attached hydrogens (tertiary/aromatic N) is 3. The number of aliphatic imine (C=N–C) groups is 1. The van der Waals surface area contributed by atoms with Crippen LogP contribution in [0.3, 0.4) is 0 Å². The van der Waals surface area contributed by atoms with Crippen molar-refractivity contribution < 1.29 is 14.0 Å². The molecule has 1 aliphatic rings. The van der Waals surface area contributed by atoms with Crippen LogP contribution in [0.25, 0.3) is 0 Å². The summed E-state index contributed by atoms with van der Waals surface area (Å²) >= 11 is 1.47. The van der Waals surface area contributed by atoms with Gasteiger partial charge in [0.15, 0.2) is 0 Å². The molecule has 1 aliphatic heterocycles. The van der Waals surface area contributed by atoms with E-state index in [0.717, 1.165) is 34.1 Å². The maximum Gasteiger partial charge on any atom is 0.257 e. The normalized spacial score (nSPS) is 11.9. The number of halogens is 1. The summed E-state index contributed by atoms with van der Waals surface area (Å²) < 4.78 is 14.3. The van der Waals surface area contributed by atoms with Crippen LogP contribution in [0.4, 0.5) is 21.5 Å². The number of fused-ring (bicyclic) bond motifs is 2. The molecule has 9 heteroatoms. The number of nitriles is 1. The highest BCUT2D eigenvalue weighted by molar-refractivity contribution is 8.02. The molecule has 0 spiro atoms. The molecule has 0 bridgehead atoms. The molecular formula is C31H34FN5O2S. The molecule has 0 fully saturated rings. The predicted octanol–water partition coefficient (Wildman–Crippen LogP) is 6.47. The number of nitrogens with two attached hydrogens (primary N) is 1. The number of benzene rings is 3. The minimum atomic E-state index is -0.398. The van der Waals surface area contributed by atoms with Gasteiger partial charge in [-0.2, -0.15) is 5.26 Å². The summed E-state index contributed by atoms with van der Waals surface area (Å²) in [5.74, 6) is 0.262. The van der Waals surface area contributed by atoms with Gasteiger partial charge in [-0.15, -0.1) is 11.8 Å². The van der Waals surface area contributed by atoms with Crippen molar-refractivity contribution in [1.29, 1.82) is 5.26 Å². The van der Waals surface area contributed by atoms with E-state index >= 15 is 0 Å². The Morgan fingerprint density at radius 3 is 2.52 bits per heavy atom. The number of carbonyl (C=O) groups excluding carboxylic acids is 2. The highest BCUT2D eigenvalue weighted by Gasteiger charge is 2.25. The van der Waals surface area contributed by atoms with Gasteiger partial charge in [0, 0.05) is 29.8 Å². The zero-order valence-corrected chi connectivity index (χ0v) is 23.8. The molecule has 1 heterocycles. The average molecular weight is 560 g/mol. The molecule has 7 nitrogen and oxygen atoms in total. The fourth-order valence-corrected chi connectivity index (χ4v) is 5.15. The summed E-state index contributed by atoms with van der Waals surface area (Å²) in [5, 5.41) is 12.0. The molecule has 0 saturated heterocycles. The smallest absolute Gasteiger partial charge is 0.257 e. The van der Waals surface area contributed by atoms with Crippen LogP contribution in [0.2, 0.25) is 0 Å². The van der Waals surface area contributed by atoms with Crippen molar-refractivity contribution >= 4 is 48.2 Å². The van der Waals surface area contributed by atoms with Gasteiger partial charge in [0.25, 0.3) is 5.91 Å². The summed E-state index contributed by atoms with van der Waals surface area (Å²) in [5.41, 5.74) is 9.55. The lowest BCUT2D eigenvalue weighted by Crippen LogP contribution is -2.23. The van der Waals surface area contributed by atoms with Crippen LogP contribution < -0.4 is 16.0 Å². The molecule has 40 heavy (non-hydrogen) atoms. The first kappa shape index (κ1) is 32.0. The highest BCUT2D eigenvalue weighted by atomic mass is 32.2. The number of carbonyl (C=O) groups is 2. The van der Waals surface area contributed by atoms with Crippen LogP contribution in [-0.2, 0) is 17.0 Å². The van der Waals surface area contributed by atoms with Crippen LogP contribution in [0, 0.1) is 23.1 Å². The van der Waals surface area contributed by atoms with Gasteiger partial charge in [-0.1, -0.05) is 38.1 Å². The first-order valence-corrected chi connectivity index (χ1v) is 13.5. The first-order chi connectivity index (χ1) is 19.4. The third kappa shape index (κ3) is 8.12. The van der Waals surface area contributed by atoms with E-state index in [9.17, 15) is 9.18 Å². The van der Waals surface area contributed by atoms with Gasteiger partial charge in [0.1, 0.15) is 12.6 Å². The number of hydrogen-bond acceptors (Lipinski definition) is 7.